The molecule has 2 aromatic rings. The van der Waals surface area contributed by atoms with Gasteiger partial charge in [0, 0.05) is 18.8 Å². The number of aromatic carboxylic acids is 1. The molecule has 26 heavy (non-hydrogen) atoms. The summed E-state index contributed by atoms with van der Waals surface area (Å²) in [4.78, 5) is 26.1. The van der Waals surface area contributed by atoms with E-state index in [9.17, 15) is 19.1 Å². The molecule has 1 saturated heterocycles. The number of carbonyl (C=O) groups excluding carboxylic acids is 1. The van der Waals surface area contributed by atoms with E-state index in [4.69, 9.17) is 0 Å². The molecule has 2 N–H and O–H groups in total. The van der Waals surface area contributed by atoms with E-state index in [0.29, 0.717) is 5.92 Å². The van der Waals surface area contributed by atoms with Crippen LogP contribution in [0.15, 0.2) is 42.5 Å². The summed E-state index contributed by atoms with van der Waals surface area (Å²) in [7, 11) is 0. The van der Waals surface area contributed by atoms with E-state index in [2.05, 4.69) is 17.1 Å². The Morgan fingerprint density at radius 1 is 1.12 bits per heavy atom. The topological polar surface area (TPSA) is 69.6 Å². The van der Waals surface area contributed by atoms with Crippen LogP contribution in [0.3, 0.4) is 0 Å². The predicted molar refractivity (Wildman–Crippen MR) is 98.4 cm³/mol. The zero-order chi connectivity index (χ0) is 18.7. The molecule has 0 spiro atoms. The van der Waals surface area contributed by atoms with Crippen molar-refractivity contribution >= 4 is 23.3 Å². The van der Waals surface area contributed by atoms with Gasteiger partial charge in [-0.1, -0.05) is 19.1 Å². The minimum Gasteiger partial charge on any atom is -0.478 e. The van der Waals surface area contributed by atoms with Crippen molar-refractivity contribution in [3.05, 3.63) is 59.4 Å². The van der Waals surface area contributed by atoms with Crippen molar-refractivity contribution in [2.75, 3.05) is 23.3 Å². The van der Waals surface area contributed by atoms with Gasteiger partial charge >= 0.3 is 5.97 Å². The Morgan fingerprint density at radius 2 is 1.81 bits per heavy atom. The Balaban J connectivity index is 1.84. The van der Waals surface area contributed by atoms with Crippen LogP contribution >= 0.6 is 0 Å². The number of hydrogen-bond donors (Lipinski definition) is 2. The van der Waals surface area contributed by atoms with E-state index in [1.54, 1.807) is 24.3 Å². The van der Waals surface area contributed by atoms with E-state index in [0.717, 1.165) is 31.6 Å². The minimum absolute atomic E-state index is 0.00851. The highest BCUT2D eigenvalue weighted by Gasteiger charge is 2.20. The SMILES string of the molecule is CC1CCN(c2ccc(NC(=O)c3ccccc3F)c(C(=O)O)c2)CC1. The molecular weight excluding hydrogens is 335 g/mol. The molecule has 0 aromatic heterocycles. The smallest absolute Gasteiger partial charge is 0.337 e. The molecule has 1 aliphatic heterocycles. The van der Waals surface area contributed by atoms with E-state index < -0.39 is 17.7 Å². The molecule has 0 aliphatic carbocycles. The maximum Gasteiger partial charge on any atom is 0.337 e. The third-order valence-electron chi connectivity index (χ3n) is 4.75. The maximum absolute atomic E-state index is 13.8. The second-order valence-corrected chi connectivity index (χ2v) is 6.64. The minimum atomic E-state index is -1.14. The second-order valence-electron chi connectivity index (χ2n) is 6.64. The van der Waals surface area contributed by atoms with Gasteiger partial charge in [0.25, 0.3) is 5.91 Å². The lowest BCUT2D eigenvalue weighted by molar-refractivity contribution is 0.0698. The molecular formula is C20H21FN2O3. The number of halogens is 1. The van der Waals surface area contributed by atoms with Gasteiger partial charge in [-0.05, 0) is 49.1 Å². The fourth-order valence-electron chi connectivity index (χ4n) is 3.12. The number of piperidine rings is 1. The number of carboxylic acids is 1. The molecule has 3 rings (SSSR count). The van der Waals surface area contributed by atoms with Crippen LogP contribution in [0, 0.1) is 11.7 Å². The average molecular weight is 356 g/mol. The number of nitrogens with one attached hydrogen (secondary N) is 1. The fraction of sp³-hybridized carbons (Fsp3) is 0.300. The van der Waals surface area contributed by atoms with Gasteiger partial charge in [0.05, 0.1) is 16.8 Å². The molecule has 0 unspecified atom stereocenters. The first kappa shape index (κ1) is 17.9. The first-order valence-electron chi connectivity index (χ1n) is 8.64. The van der Waals surface area contributed by atoms with Gasteiger partial charge in [-0.15, -0.1) is 0 Å². The van der Waals surface area contributed by atoms with Gasteiger partial charge in [-0.25, -0.2) is 9.18 Å². The summed E-state index contributed by atoms with van der Waals surface area (Å²) in [6, 6.07) is 10.5. The molecule has 1 aliphatic rings. The highest BCUT2D eigenvalue weighted by Crippen LogP contribution is 2.27. The lowest BCUT2D eigenvalue weighted by atomic mass is 9.98. The van der Waals surface area contributed by atoms with Crippen LogP contribution in [0.5, 0.6) is 0 Å². The van der Waals surface area contributed by atoms with Gasteiger partial charge in [-0.3, -0.25) is 4.79 Å². The predicted octanol–water partition coefficient (Wildman–Crippen LogP) is 4.01. The van der Waals surface area contributed by atoms with Crippen LogP contribution in [0.2, 0.25) is 0 Å². The Kier molecular flexibility index (Phi) is 5.21. The summed E-state index contributed by atoms with van der Waals surface area (Å²) >= 11 is 0. The first-order chi connectivity index (χ1) is 12.5. The average Bonchev–Trinajstić information content (AvgIpc) is 2.63. The van der Waals surface area contributed by atoms with Crippen molar-refractivity contribution in [3.63, 3.8) is 0 Å². The van der Waals surface area contributed by atoms with Gasteiger partial charge in [-0.2, -0.15) is 0 Å². The van der Waals surface area contributed by atoms with Crippen LogP contribution in [0.1, 0.15) is 40.5 Å². The first-order valence-corrected chi connectivity index (χ1v) is 8.64. The molecule has 136 valence electrons. The van der Waals surface area contributed by atoms with E-state index in [1.165, 1.54) is 18.2 Å². The van der Waals surface area contributed by atoms with E-state index >= 15 is 0 Å². The van der Waals surface area contributed by atoms with E-state index in [-0.39, 0.29) is 16.8 Å². The number of anilines is 2. The van der Waals surface area contributed by atoms with Gasteiger partial charge in [0.1, 0.15) is 5.82 Å². The lowest BCUT2D eigenvalue weighted by Crippen LogP contribution is -2.32. The summed E-state index contributed by atoms with van der Waals surface area (Å²) in [5, 5.41) is 12.0. The largest absolute Gasteiger partial charge is 0.478 e. The Morgan fingerprint density at radius 3 is 2.46 bits per heavy atom. The molecule has 1 fully saturated rings. The van der Waals surface area contributed by atoms with Crippen molar-refractivity contribution in [2.24, 2.45) is 5.92 Å². The van der Waals surface area contributed by atoms with Crippen molar-refractivity contribution in [2.45, 2.75) is 19.8 Å². The van der Waals surface area contributed by atoms with Crippen molar-refractivity contribution < 1.29 is 19.1 Å². The molecule has 6 heteroatoms. The number of nitrogens with zero attached hydrogens (tertiary/aromatic N) is 1. The lowest BCUT2D eigenvalue weighted by Gasteiger charge is -2.32. The molecule has 2 aromatic carbocycles. The van der Waals surface area contributed by atoms with Gasteiger partial charge in [0.15, 0.2) is 0 Å². The Bertz CT molecular complexity index is 830. The zero-order valence-electron chi connectivity index (χ0n) is 14.5. The zero-order valence-corrected chi connectivity index (χ0v) is 14.5. The number of amides is 1. The summed E-state index contributed by atoms with van der Waals surface area (Å²) in [6.07, 6.45) is 2.13. The summed E-state index contributed by atoms with van der Waals surface area (Å²) in [5.41, 5.74) is 0.835. The second kappa shape index (κ2) is 7.56. The Hall–Kier alpha value is -2.89. The standard InChI is InChI=1S/C20H21FN2O3/c1-13-8-10-23(11-9-13)14-6-7-18(16(12-14)20(25)26)22-19(24)15-4-2-3-5-17(15)21/h2-7,12-13H,8-11H2,1H3,(H,22,24)(H,25,26). The molecule has 5 nitrogen and oxygen atoms in total. The number of rotatable bonds is 4. The van der Waals surface area contributed by atoms with Crippen LogP contribution in [-0.4, -0.2) is 30.1 Å². The normalized spacial score (nSPS) is 14.9. The number of benzene rings is 2. The maximum atomic E-state index is 13.8. The monoisotopic (exact) mass is 356 g/mol. The third kappa shape index (κ3) is 3.85. The van der Waals surface area contributed by atoms with Crippen molar-refractivity contribution in [1.29, 1.82) is 0 Å². The molecule has 0 saturated carbocycles. The van der Waals surface area contributed by atoms with Crippen molar-refractivity contribution in [3.8, 4) is 0 Å². The van der Waals surface area contributed by atoms with Crippen LogP contribution in [0.4, 0.5) is 15.8 Å². The van der Waals surface area contributed by atoms with Crippen molar-refractivity contribution in [1.82, 2.24) is 0 Å². The molecule has 0 bridgehead atoms. The van der Waals surface area contributed by atoms with Gasteiger partial charge in [0.2, 0.25) is 0 Å². The van der Waals surface area contributed by atoms with Crippen LogP contribution in [-0.2, 0) is 0 Å². The molecule has 1 amide bonds. The molecule has 1 heterocycles. The van der Waals surface area contributed by atoms with E-state index in [1.807, 2.05) is 0 Å². The summed E-state index contributed by atoms with van der Waals surface area (Å²) < 4.78 is 13.8. The number of carboxylic acid groups (broad SMARTS) is 1. The Labute approximate surface area is 151 Å². The van der Waals surface area contributed by atoms with Crippen LogP contribution in [0.25, 0.3) is 0 Å². The quantitative estimate of drug-likeness (QED) is 0.868. The van der Waals surface area contributed by atoms with Crippen LogP contribution < -0.4 is 10.2 Å². The fourth-order valence-corrected chi connectivity index (χ4v) is 3.12. The summed E-state index contributed by atoms with van der Waals surface area (Å²) in [5.74, 6) is -1.79. The third-order valence-corrected chi connectivity index (χ3v) is 4.75. The molecule has 0 atom stereocenters. The number of hydrogen-bond acceptors (Lipinski definition) is 3. The number of carbonyl (C=O) groups is 2. The molecule has 0 radical (unpaired) electrons. The van der Waals surface area contributed by atoms with Gasteiger partial charge < -0.3 is 15.3 Å². The highest BCUT2D eigenvalue weighted by atomic mass is 19.1. The summed E-state index contributed by atoms with van der Waals surface area (Å²) in [6.45, 7) is 3.96. The highest BCUT2D eigenvalue weighted by molar-refractivity contribution is 6.08.